The third kappa shape index (κ3) is 3.88. The molecule has 2 rings (SSSR count). The molecule has 1 aromatic heterocycles. The van der Waals surface area contributed by atoms with Crippen LogP contribution in [0.3, 0.4) is 0 Å². The maximum absolute atomic E-state index is 3.86. The third-order valence-electron chi connectivity index (χ3n) is 4.81. The minimum atomic E-state index is 0.420. The Morgan fingerprint density at radius 3 is 2.70 bits per heavy atom. The number of nitrogens with zero attached hydrogens (tertiary/aromatic N) is 1. The summed E-state index contributed by atoms with van der Waals surface area (Å²) in [5, 5.41) is 3.86. The number of rotatable bonds is 5. The molecule has 1 fully saturated rings. The van der Waals surface area contributed by atoms with Gasteiger partial charge in [-0.25, -0.2) is 0 Å². The third-order valence-corrected chi connectivity index (χ3v) is 4.81. The summed E-state index contributed by atoms with van der Waals surface area (Å²) in [4.78, 5) is 0. The molecule has 0 aliphatic heterocycles. The normalized spacial score (nSPS) is 24.0. The molecule has 1 heterocycles. The van der Waals surface area contributed by atoms with Crippen LogP contribution >= 0.6 is 0 Å². The molecule has 1 aliphatic carbocycles. The van der Waals surface area contributed by atoms with Crippen LogP contribution in [0.4, 0.5) is 0 Å². The van der Waals surface area contributed by atoms with Crippen molar-refractivity contribution in [1.82, 2.24) is 9.88 Å². The Morgan fingerprint density at radius 1 is 1.25 bits per heavy atom. The van der Waals surface area contributed by atoms with Crippen molar-refractivity contribution in [2.24, 2.45) is 11.3 Å². The average Bonchev–Trinajstić information content (AvgIpc) is 2.83. The van der Waals surface area contributed by atoms with E-state index in [0.717, 1.165) is 19.0 Å². The summed E-state index contributed by atoms with van der Waals surface area (Å²) in [6.45, 7) is 11.6. The first-order valence-corrected chi connectivity index (χ1v) is 8.39. The fourth-order valence-corrected chi connectivity index (χ4v) is 3.72. The van der Waals surface area contributed by atoms with E-state index in [9.17, 15) is 0 Å². The summed E-state index contributed by atoms with van der Waals surface area (Å²) in [5.41, 5.74) is 1.86. The summed E-state index contributed by atoms with van der Waals surface area (Å²) in [7, 11) is 0. The number of nitrogens with one attached hydrogen (secondary N) is 1. The number of hydrogen-bond acceptors (Lipinski definition) is 1. The van der Waals surface area contributed by atoms with E-state index >= 15 is 0 Å². The van der Waals surface area contributed by atoms with E-state index in [1.807, 2.05) is 0 Å². The zero-order valence-electron chi connectivity index (χ0n) is 13.8. The second-order valence-corrected chi connectivity index (χ2v) is 7.44. The van der Waals surface area contributed by atoms with E-state index in [1.165, 1.54) is 37.8 Å². The number of aryl methyl sites for hydroxylation is 1. The van der Waals surface area contributed by atoms with Crippen LogP contribution in [0.2, 0.25) is 0 Å². The molecule has 1 aromatic rings. The van der Waals surface area contributed by atoms with E-state index in [0.29, 0.717) is 11.5 Å². The highest BCUT2D eigenvalue weighted by Crippen LogP contribution is 2.38. The first-order valence-electron chi connectivity index (χ1n) is 8.39. The van der Waals surface area contributed by atoms with Crippen molar-refractivity contribution in [2.45, 2.75) is 78.9 Å². The van der Waals surface area contributed by atoms with Gasteiger partial charge in [-0.2, -0.15) is 0 Å². The average molecular weight is 276 g/mol. The van der Waals surface area contributed by atoms with E-state index < -0.39 is 0 Å². The zero-order chi connectivity index (χ0) is 14.6. The molecular formula is C18H32N2. The Bertz CT molecular complexity index is 400. The first kappa shape index (κ1) is 15.6. The topological polar surface area (TPSA) is 17.0 Å². The van der Waals surface area contributed by atoms with Crippen LogP contribution < -0.4 is 5.32 Å². The monoisotopic (exact) mass is 276 g/mol. The van der Waals surface area contributed by atoms with Crippen LogP contribution in [0.25, 0.3) is 0 Å². The highest BCUT2D eigenvalue weighted by molar-refractivity contribution is 5.07. The van der Waals surface area contributed by atoms with Crippen LogP contribution in [0.1, 0.15) is 65.5 Å². The lowest BCUT2D eigenvalue weighted by atomic mass is 9.69. The zero-order valence-corrected chi connectivity index (χ0v) is 13.8. The molecule has 1 saturated carbocycles. The Hall–Kier alpha value is -0.760. The smallest absolute Gasteiger partial charge is 0.0361 e. The van der Waals surface area contributed by atoms with Gasteiger partial charge in [0, 0.05) is 31.0 Å². The van der Waals surface area contributed by atoms with E-state index in [-0.39, 0.29) is 0 Å². The van der Waals surface area contributed by atoms with Gasteiger partial charge in [0.2, 0.25) is 0 Å². The van der Waals surface area contributed by atoms with Crippen molar-refractivity contribution in [3.8, 4) is 0 Å². The lowest BCUT2D eigenvalue weighted by Crippen LogP contribution is -2.44. The maximum Gasteiger partial charge on any atom is 0.0361 e. The molecule has 0 radical (unpaired) electrons. The molecule has 2 heteroatoms. The summed E-state index contributed by atoms with van der Waals surface area (Å²) >= 11 is 0. The second-order valence-electron chi connectivity index (χ2n) is 7.44. The molecule has 0 spiro atoms. The minimum absolute atomic E-state index is 0.420. The Kier molecular flexibility index (Phi) is 5.31. The molecule has 0 amide bonds. The summed E-state index contributed by atoms with van der Waals surface area (Å²) in [5.74, 6) is 0.811. The molecular weight excluding hydrogens is 244 g/mol. The maximum atomic E-state index is 3.86. The van der Waals surface area contributed by atoms with E-state index in [4.69, 9.17) is 0 Å². The van der Waals surface area contributed by atoms with E-state index in [2.05, 4.69) is 55.9 Å². The van der Waals surface area contributed by atoms with Crippen molar-refractivity contribution in [1.29, 1.82) is 0 Å². The van der Waals surface area contributed by atoms with Gasteiger partial charge in [0.05, 0.1) is 0 Å². The van der Waals surface area contributed by atoms with Gasteiger partial charge in [-0.05, 0) is 42.7 Å². The lowest BCUT2D eigenvalue weighted by Gasteiger charge is -2.41. The van der Waals surface area contributed by atoms with Gasteiger partial charge in [0.25, 0.3) is 0 Å². The van der Waals surface area contributed by atoms with Crippen molar-refractivity contribution >= 4 is 0 Å². The summed E-state index contributed by atoms with van der Waals surface area (Å²) in [6.07, 6.45) is 8.94. The lowest BCUT2D eigenvalue weighted by molar-refractivity contribution is 0.129. The van der Waals surface area contributed by atoms with Crippen LogP contribution in [-0.2, 0) is 13.1 Å². The molecule has 114 valence electrons. The second kappa shape index (κ2) is 6.80. The molecule has 2 atom stereocenters. The van der Waals surface area contributed by atoms with Crippen LogP contribution in [0.5, 0.6) is 0 Å². The Morgan fingerprint density at radius 2 is 2.00 bits per heavy atom. The highest BCUT2D eigenvalue weighted by atomic mass is 15.0. The fraction of sp³-hybridized carbons (Fsp3) is 0.778. The van der Waals surface area contributed by atoms with E-state index in [1.54, 1.807) is 0 Å². The predicted octanol–water partition coefficient (Wildman–Crippen LogP) is 4.59. The SMILES string of the molecule is CCCn1cccc1CNC1CCCCC1C(C)(C)C. The summed E-state index contributed by atoms with van der Waals surface area (Å²) in [6, 6.07) is 5.13. The molecule has 0 aromatic carbocycles. The Labute approximate surface area is 125 Å². The van der Waals surface area contributed by atoms with Crippen LogP contribution in [0.15, 0.2) is 18.3 Å². The van der Waals surface area contributed by atoms with Gasteiger partial charge < -0.3 is 9.88 Å². The van der Waals surface area contributed by atoms with Gasteiger partial charge in [-0.3, -0.25) is 0 Å². The van der Waals surface area contributed by atoms with Crippen molar-refractivity contribution < 1.29 is 0 Å². The number of hydrogen-bond donors (Lipinski definition) is 1. The van der Waals surface area contributed by atoms with Gasteiger partial charge in [0.1, 0.15) is 0 Å². The highest BCUT2D eigenvalue weighted by Gasteiger charge is 2.33. The predicted molar refractivity (Wildman–Crippen MR) is 86.8 cm³/mol. The van der Waals surface area contributed by atoms with Gasteiger partial charge in [-0.15, -0.1) is 0 Å². The molecule has 1 aliphatic rings. The molecule has 2 nitrogen and oxygen atoms in total. The fourth-order valence-electron chi connectivity index (χ4n) is 3.72. The van der Waals surface area contributed by atoms with Crippen molar-refractivity contribution in [3.05, 3.63) is 24.0 Å². The van der Waals surface area contributed by atoms with Crippen molar-refractivity contribution in [2.75, 3.05) is 0 Å². The largest absolute Gasteiger partial charge is 0.350 e. The quantitative estimate of drug-likeness (QED) is 0.832. The van der Waals surface area contributed by atoms with Gasteiger partial charge in [-0.1, -0.05) is 40.5 Å². The van der Waals surface area contributed by atoms with Crippen molar-refractivity contribution in [3.63, 3.8) is 0 Å². The Balaban J connectivity index is 1.95. The van der Waals surface area contributed by atoms with Gasteiger partial charge >= 0.3 is 0 Å². The minimum Gasteiger partial charge on any atom is -0.350 e. The number of aromatic nitrogens is 1. The summed E-state index contributed by atoms with van der Waals surface area (Å²) < 4.78 is 2.39. The first-order chi connectivity index (χ1) is 9.52. The molecule has 20 heavy (non-hydrogen) atoms. The molecule has 1 N–H and O–H groups in total. The molecule has 0 saturated heterocycles. The molecule has 0 bridgehead atoms. The van der Waals surface area contributed by atoms with Crippen LogP contribution in [-0.4, -0.2) is 10.6 Å². The standard InChI is InChI=1S/C18H32N2/c1-5-12-20-13-8-9-15(20)14-19-17-11-7-6-10-16(17)18(2,3)4/h8-9,13,16-17,19H,5-7,10-12,14H2,1-4H3. The molecule has 2 unspecified atom stereocenters. The van der Waals surface area contributed by atoms with Crippen LogP contribution in [0, 0.1) is 11.3 Å². The van der Waals surface area contributed by atoms with Gasteiger partial charge in [0.15, 0.2) is 0 Å².